The quantitative estimate of drug-likeness (QED) is 0.604. The third-order valence-electron chi connectivity index (χ3n) is 4.42. The number of nitrogens with zero attached hydrogens (tertiary/aromatic N) is 1. The summed E-state index contributed by atoms with van der Waals surface area (Å²) in [4.78, 5) is 2.61. The van der Waals surface area contributed by atoms with Crippen LogP contribution in [-0.4, -0.2) is 49.7 Å². The minimum atomic E-state index is 0.291. The number of hydrogen-bond acceptors (Lipinski definition) is 3. The van der Waals surface area contributed by atoms with Crippen LogP contribution in [0.4, 0.5) is 0 Å². The van der Waals surface area contributed by atoms with Crippen LogP contribution >= 0.6 is 0 Å². The number of piperazine rings is 1. The van der Waals surface area contributed by atoms with Crippen molar-refractivity contribution < 1.29 is 0 Å². The van der Waals surface area contributed by atoms with Crippen molar-refractivity contribution >= 4 is 0 Å². The van der Waals surface area contributed by atoms with E-state index in [1.807, 2.05) is 0 Å². The molecule has 0 unspecified atom stereocenters. The number of nitrogens with one attached hydrogen (secondary N) is 2. The second-order valence-corrected chi connectivity index (χ2v) is 7.32. The van der Waals surface area contributed by atoms with Crippen molar-refractivity contribution in [3.8, 4) is 0 Å². The van der Waals surface area contributed by atoms with Crippen molar-refractivity contribution in [3.05, 3.63) is 0 Å². The summed E-state index contributed by atoms with van der Waals surface area (Å²) >= 11 is 0. The lowest BCUT2D eigenvalue weighted by Crippen LogP contribution is -2.57. The summed E-state index contributed by atoms with van der Waals surface area (Å²) in [5.74, 6) is 0.868. The molecule has 0 aromatic heterocycles. The zero-order chi connectivity index (χ0) is 14.8. The monoisotopic (exact) mass is 283 g/mol. The van der Waals surface area contributed by atoms with E-state index in [0.29, 0.717) is 5.54 Å². The highest BCUT2D eigenvalue weighted by Gasteiger charge is 2.26. The lowest BCUT2D eigenvalue weighted by molar-refractivity contribution is 0.102. The van der Waals surface area contributed by atoms with Gasteiger partial charge in [-0.25, -0.2) is 0 Å². The van der Waals surface area contributed by atoms with E-state index >= 15 is 0 Å². The maximum Gasteiger partial charge on any atom is 0.0278 e. The largest absolute Gasteiger partial charge is 0.315 e. The summed E-state index contributed by atoms with van der Waals surface area (Å²) in [5, 5.41) is 7.09. The molecular weight excluding hydrogens is 246 g/mol. The second-order valence-electron chi connectivity index (χ2n) is 7.32. The summed E-state index contributed by atoms with van der Waals surface area (Å²) in [6, 6.07) is 0. The van der Waals surface area contributed by atoms with Crippen molar-refractivity contribution in [1.82, 2.24) is 15.5 Å². The summed E-state index contributed by atoms with van der Waals surface area (Å²) < 4.78 is 0. The van der Waals surface area contributed by atoms with Crippen molar-refractivity contribution in [2.24, 2.45) is 5.92 Å². The van der Waals surface area contributed by atoms with Crippen LogP contribution in [-0.2, 0) is 0 Å². The van der Waals surface area contributed by atoms with Gasteiger partial charge in [0.25, 0.3) is 0 Å². The minimum Gasteiger partial charge on any atom is -0.315 e. The maximum absolute atomic E-state index is 3.66. The molecule has 3 heteroatoms. The van der Waals surface area contributed by atoms with Gasteiger partial charge in [-0.15, -0.1) is 0 Å². The van der Waals surface area contributed by atoms with Gasteiger partial charge in [0.1, 0.15) is 0 Å². The Morgan fingerprint density at radius 1 is 1.05 bits per heavy atom. The molecule has 3 nitrogen and oxygen atoms in total. The van der Waals surface area contributed by atoms with E-state index in [-0.39, 0.29) is 0 Å². The van der Waals surface area contributed by atoms with Gasteiger partial charge in [0, 0.05) is 38.3 Å². The molecule has 0 radical (unpaired) electrons. The van der Waals surface area contributed by atoms with Crippen LogP contribution in [0, 0.1) is 5.92 Å². The fourth-order valence-corrected chi connectivity index (χ4v) is 2.93. The molecule has 2 N–H and O–H groups in total. The van der Waals surface area contributed by atoms with Crippen LogP contribution in [0.2, 0.25) is 0 Å². The normalized spacial score (nSPS) is 17.9. The molecule has 0 aromatic carbocycles. The van der Waals surface area contributed by atoms with Crippen LogP contribution in [0.3, 0.4) is 0 Å². The highest BCUT2D eigenvalue weighted by Crippen LogP contribution is 2.14. The Kier molecular flexibility index (Phi) is 8.74. The van der Waals surface area contributed by atoms with Gasteiger partial charge in [0.05, 0.1) is 0 Å². The molecule has 0 amide bonds. The van der Waals surface area contributed by atoms with Crippen LogP contribution in [0.1, 0.15) is 59.8 Å². The summed E-state index contributed by atoms with van der Waals surface area (Å²) in [5.41, 5.74) is 0.291. The van der Waals surface area contributed by atoms with Gasteiger partial charge in [-0.3, -0.25) is 4.90 Å². The Labute approximate surface area is 126 Å². The van der Waals surface area contributed by atoms with Crippen LogP contribution < -0.4 is 10.6 Å². The van der Waals surface area contributed by atoms with Gasteiger partial charge in [0.15, 0.2) is 0 Å². The standard InChI is InChI=1S/C17H37N3/c1-16(2)9-7-5-6-8-10-19-15-17(3,4)20-13-11-18-12-14-20/h16,18-19H,5-15H2,1-4H3. The van der Waals surface area contributed by atoms with Gasteiger partial charge >= 0.3 is 0 Å². The zero-order valence-corrected chi connectivity index (χ0v) is 14.3. The van der Waals surface area contributed by atoms with E-state index in [1.165, 1.54) is 51.7 Å². The lowest BCUT2D eigenvalue weighted by atomic mass is 10.0. The highest BCUT2D eigenvalue weighted by atomic mass is 15.2. The van der Waals surface area contributed by atoms with E-state index in [1.54, 1.807) is 0 Å². The van der Waals surface area contributed by atoms with Gasteiger partial charge < -0.3 is 10.6 Å². The van der Waals surface area contributed by atoms with Crippen LogP contribution in [0.25, 0.3) is 0 Å². The lowest BCUT2D eigenvalue weighted by Gasteiger charge is -2.41. The molecule has 0 atom stereocenters. The number of rotatable bonds is 10. The van der Waals surface area contributed by atoms with Crippen molar-refractivity contribution in [2.45, 2.75) is 65.3 Å². The molecule has 0 aliphatic carbocycles. The predicted octanol–water partition coefficient (Wildman–Crippen LogP) is 2.87. The Morgan fingerprint density at radius 3 is 2.35 bits per heavy atom. The number of hydrogen-bond donors (Lipinski definition) is 2. The van der Waals surface area contributed by atoms with E-state index in [9.17, 15) is 0 Å². The molecule has 0 aromatic rings. The summed E-state index contributed by atoms with van der Waals surface area (Å²) in [7, 11) is 0. The Balaban J connectivity index is 1.99. The van der Waals surface area contributed by atoms with E-state index < -0.39 is 0 Å². The average molecular weight is 284 g/mol. The molecule has 1 rings (SSSR count). The zero-order valence-electron chi connectivity index (χ0n) is 14.3. The topological polar surface area (TPSA) is 27.3 Å². The first kappa shape index (κ1) is 17.9. The Hall–Kier alpha value is -0.120. The van der Waals surface area contributed by atoms with Crippen molar-refractivity contribution in [1.29, 1.82) is 0 Å². The van der Waals surface area contributed by atoms with Gasteiger partial charge in [-0.2, -0.15) is 0 Å². The highest BCUT2D eigenvalue weighted by molar-refractivity contribution is 4.86. The Morgan fingerprint density at radius 2 is 1.70 bits per heavy atom. The molecule has 0 bridgehead atoms. The van der Waals surface area contributed by atoms with Crippen molar-refractivity contribution in [3.63, 3.8) is 0 Å². The van der Waals surface area contributed by atoms with Gasteiger partial charge in [-0.1, -0.05) is 39.5 Å². The first-order chi connectivity index (χ1) is 9.52. The van der Waals surface area contributed by atoms with Crippen molar-refractivity contribution in [2.75, 3.05) is 39.3 Å². The molecule has 1 fully saturated rings. The van der Waals surface area contributed by atoms with E-state index in [2.05, 4.69) is 43.2 Å². The minimum absolute atomic E-state index is 0.291. The summed E-state index contributed by atoms with van der Waals surface area (Å²) in [6.45, 7) is 16.3. The second kappa shape index (κ2) is 9.75. The number of unbranched alkanes of at least 4 members (excludes halogenated alkanes) is 3. The van der Waals surface area contributed by atoms with Gasteiger partial charge in [-0.05, 0) is 32.7 Å². The fourth-order valence-electron chi connectivity index (χ4n) is 2.93. The molecule has 0 spiro atoms. The van der Waals surface area contributed by atoms with E-state index in [0.717, 1.165) is 25.6 Å². The molecule has 0 saturated carbocycles. The average Bonchev–Trinajstić information content (AvgIpc) is 2.42. The first-order valence-corrected chi connectivity index (χ1v) is 8.69. The maximum atomic E-state index is 3.66. The SMILES string of the molecule is CC(C)CCCCCCNCC(C)(C)N1CCNCC1. The van der Waals surface area contributed by atoms with Gasteiger partial charge in [0.2, 0.25) is 0 Å². The molecule has 1 heterocycles. The molecular formula is C17H37N3. The van der Waals surface area contributed by atoms with E-state index in [4.69, 9.17) is 0 Å². The third kappa shape index (κ3) is 7.61. The molecule has 1 aliphatic rings. The van der Waals surface area contributed by atoms with Crippen LogP contribution in [0.15, 0.2) is 0 Å². The van der Waals surface area contributed by atoms with Crippen LogP contribution in [0.5, 0.6) is 0 Å². The predicted molar refractivity (Wildman–Crippen MR) is 89.3 cm³/mol. The molecule has 120 valence electrons. The Bertz CT molecular complexity index is 232. The molecule has 1 saturated heterocycles. The molecule has 20 heavy (non-hydrogen) atoms. The smallest absolute Gasteiger partial charge is 0.0278 e. The summed E-state index contributed by atoms with van der Waals surface area (Å²) in [6.07, 6.45) is 6.91. The fraction of sp³-hybridized carbons (Fsp3) is 1.00. The third-order valence-corrected chi connectivity index (χ3v) is 4.42. The molecule has 1 aliphatic heterocycles. The first-order valence-electron chi connectivity index (χ1n) is 8.69.